The molecule has 6 N–H and O–H groups in total. The van der Waals surface area contributed by atoms with Crippen LogP contribution in [-0.4, -0.2) is 75.3 Å². The van der Waals surface area contributed by atoms with Gasteiger partial charge in [-0.1, -0.05) is 12.1 Å². The monoisotopic (exact) mass is 534 g/mol. The number of amides is 1. The van der Waals surface area contributed by atoms with Gasteiger partial charge in [0.2, 0.25) is 12.6 Å². The van der Waals surface area contributed by atoms with Gasteiger partial charge in [-0.3, -0.25) is 19.3 Å². The number of nitrogens with two attached hydrogens (primary N) is 1. The van der Waals surface area contributed by atoms with E-state index in [4.69, 9.17) is 15.2 Å². The number of phenolic OH excluding ortho intramolecular Hbond substituents is 1. The molecule has 11 heteroatoms. The van der Waals surface area contributed by atoms with E-state index in [1.54, 1.807) is 32.3 Å². The Morgan fingerprint density at radius 3 is 2.49 bits per heavy atom. The molecule has 0 saturated heterocycles. The number of ketones is 2. The molecule has 2 aromatic rings. The second kappa shape index (κ2) is 8.32. The number of carbonyl (C=O) groups excluding carboxylic acids is 3. The third-order valence-electron chi connectivity index (χ3n) is 8.29. The van der Waals surface area contributed by atoms with Crippen LogP contribution in [0.25, 0.3) is 16.9 Å². The number of nitrogens with zero attached hydrogens (tertiary/aromatic N) is 1. The Morgan fingerprint density at radius 1 is 1.08 bits per heavy atom. The minimum absolute atomic E-state index is 0.0159. The lowest BCUT2D eigenvalue weighted by Crippen LogP contribution is -2.65. The van der Waals surface area contributed by atoms with Crippen molar-refractivity contribution in [2.45, 2.75) is 24.5 Å². The molecule has 6 rings (SSSR count). The predicted octanol–water partition coefficient (Wildman–Crippen LogP) is 1.36. The first-order chi connectivity index (χ1) is 18.5. The van der Waals surface area contributed by atoms with Crippen molar-refractivity contribution in [3.8, 4) is 28.4 Å². The number of primary amides is 1. The van der Waals surface area contributed by atoms with E-state index in [0.29, 0.717) is 22.6 Å². The molecule has 2 aromatic carbocycles. The fraction of sp³-hybridized carbons (Fsp3) is 0.321. The highest BCUT2D eigenvalue weighted by atomic mass is 16.7. The Morgan fingerprint density at radius 2 is 1.79 bits per heavy atom. The van der Waals surface area contributed by atoms with Crippen molar-refractivity contribution in [3.63, 3.8) is 0 Å². The van der Waals surface area contributed by atoms with E-state index in [2.05, 4.69) is 0 Å². The number of ether oxygens (including phenoxy) is 2. The zero-order valence-corrected chi connectivity index (χ0v) is 21.1. The standard InChI is InChI=1S/C28H26N2O9/c1-30(2)22-15-8-12-7-14-13(11-3-6-17-18(9-11)39-10-38-17)4-5-16(31)20(14)23(32)19(12)25(34)28(15,37)26(35)21(24(22)33)27(29)36/h3-6,9,12,15,22,31-32,35,37H,7-8,10H2,1-2H3,(H2,29,36)/t12-,15-,22?,28-/m1/s1. The molecule has 202 valence electrons. The molecule has 0 spiro atoms. The second-order valence-corrected chi connectivity index (χ2v) is 10.5. The predicted molar refractivity (Wildman–Crippen MR) is 136 cm³/mol. The number of benzene rings is 2. The number of likely N-dealkylation sites (N-methyl/N-ethyl adjacent to an activating group) is 1. The number of rotatable bonds is 3. The molecule has 1 aliphatic heterocycles. The molecule has 0 radical (unpaired) electrons. The molecule has 0 aromatic heterocycles. The summed E-state index contributed by atoms with van der Waals surface area (Å²) in [5, 5.41) is 44.8. The Bertz CT molecular complexity index is 1560. The summed E-state index contributed by atoms with van der Waals surface area (Å²) < 4.78 is 10.9. The van der Waals surface area contributed by atoms with Gasteiger partial charge in [-0.25, -0.2) is 0 Å². The first-order valence-corrected chi connectivity index (χ1v) is 12.4. The quantitative estimate of drug-likeness (QED) is 0.361. The van der Waals surface area contributed by atoms with Gasteiger partial charge >= 0.3 is 0 Å². The summed E-state index contributed by atoms with van der Waals surface area (Å²) in [6.45, 7) is 0.0956. The highest BCUT2D eigenvalue weighted by molar-refractivity contribution is 6.24. The van der Waals surface area contributed by atoms with Gasteiger partial charge in [0.1, 0.15) is 22.8 Å². The van der Waals surface area contributed by atoms with Gasteiger partial charge in [0.15, 0.2) is 22.9 Å². The van der Waals surface area contributed by atoms with Gasteiger partial charge < -0.3 is 35.6 Å². The lowest BCUT2D eigenvalue weighted by Gasteiger charge is -2.50. The number of phenols is 1. The Kier molecular flexibility index (Phi) is 5.33. The van der Waals surface area contributed by atoms with Crippen LogP contribution in [0.3, 0.4) is 0 Å². The number of aliphatic hydroxyl groups is 3. The number of hydrogen-bond donors (Lipinski definition) is 5. The second-order valence-electron chi connectivity index (χ2n) is 10.5. The van der Waals surface area contributed by atoms with Crippen LogP contribution in [0, 0.1) is 11.8 Å². The van der Waals surface area contributed by atoms with E-state index in [-0.39, 0.29) is 36.5 Å². The number of Topliss-reactive ketones (excluding diaryl/α,β-unsaturated/α-hetero) is 2. The van der Waals surface area contributed by atoms with Gasteiger partial charge in [-0.2, -0.15) is 0 Å². The fourth-order valence-electron chi connectivity index (χ4n) is 6.58. The minimum Gasteiger partial charge on any atom is -0.508 e. The van der Waals surface area contributed by atoms with Crippen molar-refractivity contribution in [2.24, 2.45) is 17.6 Å². The summed E-state index contributed by atoms with van der Waals surface area (Å²) >= 11 is 0. The van der Waals surface area contributed by atoms with Crippen LogP contribution in [0.1, 0.15) is 17.5 Å². The first kappa shape index (κ1) is 25.0. The minimum atomic E-state index is -2.67. The van der Waals surface area contributed by atoms with E-state index in [1.807, 2.05) is 6.07 Å². The molecule has 1 fully saturated rings. The topological polar surface area (TPSA) is 180 Å². The maximum Gasteiger partial charge on any atom is 0.255 e. The van der Waals surface area contributed by atoms with Crippen LogP contribution in [0.4, 0.5) is 0 Å². The van der Waals surface area contributed by atoms with Crippen molar-refractivity contribution in [3.05, 3.63) is 58.4 Å². The SMILES string of the molecule is CN(C)C1C(=O)C(C(N)=O)=C(O)[C@]2(O)C(=O)C3=C(O)c4c(O)ccc(-c5ccc6c(c5)OCO6)c4C[C@@H]3C[C@H]12. The van der Waals surface area contributed by atoms with Gasteiger partial charge in [0.05, 0.1) is 11.6 Å². The van der Waals surface area contributed by atoms with E-state index in [1.165, 1.54) is 11.0 Å². The molecule has 1 heterocycles. The summed E-state index contributed by atoms with van der Waals surface area (Å²) in [4.78, 5) is 40.7. The molecule has 3 aliphatic carbocycles. The molecule has 1 amide bonds. The summed E-state index contributed by atoms with van der Waals surface area (Å²) in [6.07, 6.45) is 0.203. The van der Waals surface area contributed by atoms with E-state index in [9.17, 15) is 34.8 Å². The number of aromatic hydroxyl groups is 1. The number of aliphatic hydroxyl groups excluding tert-OH is 2. The lowest BCUT2D eigenvalue weighted by molar-refractivity contribution is -0.153. The summed E-state index contributed by atoms with van der Waals surface area (Å²) in [6, 6.07) is 7.31. The smallest absolute Gasteiger partial charge is 0.255 e. The fourth-order valence-corrected chi connectivity index (χ4v) is 6.58. The van der Waals surface area contributed by atoms with Crippen LogP contribution in [0.2, 0.25) is 0 Å². The molecule has 1 unspecified atom stereocenters. The lowest BCUT2D eigenvalue weighted by atomic mass is 9.57. The largest absolute Gasteiger partial charge is 0.508 e. The first-order valence-electron chi connectivity index (χ1n) is 12.4. The maximum absolute atomic E-state index is 13.9. The van der Waals surface area contributed by atoms with Gasteiger partial charge in [0, 0.05) is 11.5 Å². The highest BCUT2D eigenvalue weighted by Gasteiger charge is 2.64. The average molecular weight is 535 g/mol. The molecule has 1 saturated carbocycles. The molecular weight excluding hydrogens is 508 g/mol. The van der Waals surface area contributed by atoms with Crippen molar-refractivity contribution in [1.29, 1.82) is 0 Å². The Hall–Kier alpha value is -4.35. The molecular formula is C28H26N2O9. The summed E-state index contributed by atoms with van der Waals surface area (Å²) in [5.41, 5.74) is 3.66. The Balaban J connectivity index is 1.54. The van der Waals surface area contributed by atoms with Crippen molar-refractivity contribution in [2.75, 3.05) is 20.9 Å². The maximum atomic E-state index is 13.9. The van der Waals surface area contributed by atoms with Gasteiger partial charge in [0.25, 0.3) is 5.91 Å². The molecule has 0 bridgehead atoms. The summed E-state index contributed by atoms with van der Waals surface area (Å²) in [5.74, 6) is -5.70. The number of carbonyl (C=O) groups is 3. The Labute approximate surface area is 222 Å². The average Bonchev–Trinajstić information content (AvgIpc) is 3.34. The van der Waals surface area contributed by atoms with E-state index < -0.39 is 58.0 Å². The van der Waals surface area contributed by atoms with Crippen molar-refractivity contribution >= 4 is 23.2 Å². The van der Waals surface area contributed by atoms with Crippen LogP contribution in [0.5, 0.6) is 17.2 Å². The molecule has 39 heavy (non-hydrogen) atoms. The molecule has 4 atom stereocenters. The van der Waals surface area contributed by atoms with Gasteiger partial charge in [-0.05, 0) is 67.7 Å². The third kappa shape index (κ3) is 3.26. The van der Waals surface area contributed by atoms with Crippen molar-refractivity contribution < 1.29 is 44.3 Å². The zero-order chi connectivity index (χ0) is 28.0. The third-order valence-corrected chi connectivity index (χ3v) is 8.29. The van der Waals surface area contributed by atoms with E-state index in [0.717, 1.165) is 5.56 Å². The molecule has 11 nitrogen and oxygen atoms in total. The number of fused-ring (bicyclic) bond motifs is 4. The van der Waals surface area contributed by atoms with Crippen LogP contribution < -0.4 is 15.2 Å². The van der Waals surface area contributed by atoms with Crippen LogP contribution in [-0.2, 0) is 20.8 Å². The summed E-state index contributed by atoms with van der Waals surface area (Å²) in [7, 11) is 3.12. The normalized spacial score (nSPS) is 27.4. The highest BCUT2D eigenvalue weighted by Crippen LogP contribution is 2.54. The zero-order valence-electron chi connectivity index (χ0n) is 21.1. The number of hydrogen-bond acceptors (Lipinski definition) is 10. The van der Waals surface area contributed by atoms with E-state index >= 15 is 0 Å². The van der Waals surface area contributed by atoms with Crippen LogP contribution in [0.15, 0.2) is 47.2 Å². The van der Waals surface area contributed by atoms with Crippen LogP contribution >= 0.6 is 0 Å². The van der Waals surface area contributed by atoms with Crippen molar-refractivity contribution in [1.82, 2.24) is 4.90 Å². The van der Waals surface area contributed by atoms with Gasteiger partial charge in [-0.15, -0.1) is 0 Å². The molecule has 4 aliphatic rings.